The molecule has 76 valence electrons. The molecule has 0 spiro atoms. The van der Waals surface area contributed by atoms with Gasteiger partial charge in [-0.3, -0.25) is 0 Å². The van der Waals surface area contributed by atoms with Crippen LogP contribution in [-0.2, 0) is 4.74 Å². The van der Waals surface area contributed by atoms with Crippen LogP contribution in [0, 0.1) is 0 Å². The van der Waals surface area contributed by atoms with Crippen LogP contribution in [0.3, 0.4) is 0 Å². The molecule has 0 aliphatic carbocycles. The lowest BCUT2D eigenvalue weighted by Gasteiger charge is -2.15. The highest BCUT2D eigenvalue weighted by Crippen LogP contribution is 2.23. The Morgan fingerprint density at radius 2 is 2.07 bits per heavy atom. The van der Waals surface area contributed by atoms with E-state index in [1.165, 1.54) is 7.11 Å². The van der Waals surface area contributed by atoms with Gasteiger partial charge in [-0.25, -0.2) is 4.79 Å². The van der Waals surface area contributed by atoms with Crippen LogP contribution in [0.5, 0.6) is 0 Å². The molecule has 0 amide bonds. The lowest BCUT2D eigenvalue weighted by Crippen LogP contribution is -2.10. The van der Waals surface area contributed by atoms with Gasteiger partial charge in [-0.1, -0.05) is 0 Å². The summed E-state index contributed by atoms with van der Waals surface area (Å²) in [5.41, 5.74) is 1.49. The van der Waals surface area contributed by atoms with Crippen molar-refractivity contribution in [2.45, 2.75) is 4.90 Å². The SMILES string of the molecule is COC(=O)c1ccc(N(C)C)c(S)c1. The molecule has 4 heteroatoms. The van der Waals surface area contributed by atoms with Gasteiger partial charge in [-0.2, -0.15) is 0 Å². The number of nitrogens with zero attached hydrogens (tertiary/aromatic N) is 1. The van der Waals surface area contributed by atoms with Crippen molar-refractivity contribution in [1.82, 2.24) is 0 Å². The molecule has 3 nitrogen and oxygen atoms in total. The average Bonchev–Trinajstić information content (AvgIpc) is 2.15. The van der Waals surface area contributed by atoms with Crippen molar-refractivity contribution in [2.24, 2.45) is 0 Å². The molecule has 1 aromatic carbocycles. The summed E-state index contributed by atoms with van der Waals surface area (Å²) in [5, 5.41) is 0. The fraction of sp³-hybridized carbons (Fsp3) is 0.300. The number of ether oxygens (including phenoxy) is 1. The zero-order chi connectivity index (χ0) is 10.7. The van der Waals surface area contributed by atoms with Crippen LogP contribution in [0.25, 0.3) is 0 Å². The molecule has 0 unspecified atom stereocenters. The molecule has 0 aromatic heterocycles. The molecule has 1 rings (SSSR count). The Hall–Kier alpha value is -1.16. The lowest BCUT2D eigenvalue weighted by atomic mass is 10.2. The summed E-state index contributed by atoms with van der Waals surface area (Å²) in [7, 11) is 5.21. The van der Waals surface area contributed by atoms with Gasteiger partial charge in [0.1, 0.15) is 0 Å². The number of benzene rings is 1. The van der Waals surface area contributed by atoms with Crippen LogP contribution >= 0.6 is 12.6 Å². The lowest BCUT2D eigenvalue weighted by molar-refractivity contribution is 0.0600. The predicted molar refractivity (Wildman–Crippen MR) is 59.4 cm³/mol. The van der Waals surface area contributed by atoms with E-state index >= 15 is 0 Å². The minimum atomic E-state index is -0.342. The number of thiol groups is 1. The average molecular weight is 211 g/mol. The first kappa shape index (κ1) is 10.9. The molecule has 0 bridgehead atoms. The molecule has 0 heterocycles. The standard InChI is InChI=1S/C10H13NO2S/c1-11(2)8-5-4-7(6-9(8)14)10(12)13-3/h4-6,14H,1-3H3. The van der Waals surface area contributed by atoms with Gasteiger partial charge in [0, 0.05) is 24.7 Å². The van der Waals surface area contributed by atoms with Crippen molar-refractivity contribution in [3.63, 3.8) is 0 Å². The molecular formula is C10H13NO2S. The zero-order valence-corrected chi connectivity index (χ0v) is 9.34. The summed E-state index contributed by atoms with van der Waals surface area (Å²) in [6.07, 6.45) is 0. The fourth-order valence-electron chi connectivity index (χ4n) is 1.15. The fourth-order valence-corrected chi connectivity index (χ4v) is 1.56. The maximum absolute atomic E-state index is 11.2. The van der Waals surface area contributed by atoms with Crippen LogP contribution < -0.4 is 4.90 Å². The third-order valence-electron chi connectivity index (χ3n) is 1.88. The molecule has 0 N–H and O–H groups in total. The third-order valence-corrected chi connectivity index (χ3v) is 2.24. The van der Waals surface area contributed by atoms with E-state index in [0.29, 0.717) is 5.56 Å². The molecule has 0 atom stereocenters. The second-order valence-electron chi connectivity index (χ2n) is 3.09. The Bertz CT molecular complexity index is 350. The second-order valence-corrected chi connectivity index (χ2v) is 3.57. The van der Waals surface area contributed by atoms with E-state index in [2.05, 4.69) is 17.4 Å². The van der Waals surface area contributed by atoms with Crippen molar-refractivity contribution in [3.8, 4) is 0 Å². The van der Waals surface area contributed by atoms with E-state index in [0.717, 1.165) is 10.6 Å². The van der Waals surface area contributed by atoms with Gasteiger partial charge in [0.15, 0.2) is 0 Å². The van der Waals surface area contributed by atoms with E-state index in [1.54, 1.807) is 12.1 Å². The Morgan fingerprint density at radius 1 is 1.43 bits per heavy atom. The van der Waals surface area contributed by atoms with E-state index in [1.807, 2.05) is 25.1 Å². The third kappa shape index (κ3) is 2.20. The van der Waals surface area contributed by atoms with Gasteiger partial charge < -0.3 is 9.64 Å². The number of anilines is 1. The van der Waals surface area contributed by atoms with E-state index in [9.17, 15) is 4.79 Å². The molecule has 0 saturated heterocycles. The maximum Gasteiger partial charge on any atom is 0.337 e. The number of carbonyl (C=O) groups excluding carboxylic acids is 1. The van der Waals surface area contributed by atoms with Gasteiger partial charge in [0.05, 0.1) is 12.7 Å². The summed E-state index contributed by atoms with van der Waals surface area (Å²) in [5.74, 6) is -0.342. The smallest absolute Gasteiger partial charge is 0.337 e. The molecule has 0 saturated carbocycles. The molecular weight excluding hydrogens is 198 g/mol. The van der Waals surface area contributed by atoms with Gasteiger partial charge in [-0.15, -0.1) is 12.6 Å². The van der Waals surface area contributed by atoms with Gasteiger partial charge in [0.25, 0.3) is 0 Å². The monoisotopic (exact) mass is 211 g/mol. The first-order chi connectivity index (χ1) is 6.56. The summed E-state index contributed by atoms with van der Waals surface area (Å²) < 4.78 is 4.61. The van der Waals surface area contributed by atoms with Crippen molar-refractivity contribution in [2.75, 3.05) is 26.1 Å². The van der Waals surface area contributed by atoms with E-state index in [-0.39, 0.29) is 5.97 Å². The van der Waals surface area contributed by atoms with Gasteiger partial charge in [0.2, 0.25) is 0 Å². The molecule has 0 aliphatic heterocycles. The number of hydrogen-bond donors (Lipinski definition) is 1. The minimum Gasteiger partial charge on any atom is -0.465 e. The first-order valence-electron chi connectivity index (χ1n) is 4.15. The van der Waals surface area contributed by atoms with Crippen LogP contribution in [0.1, 0.15) is 10.4 Å². The highest BCUT2D eigenvalue weighted by Gasteiger charge is 2.08. The van der Waals surface area contributed by atoms with Crippen molar-refractivity contribution in [1.29, 1.82) is 0 Å². The van der Waals surface area contributed by atoms with Crippen LogP contribution in [-0.4, -0.2) is 27.2 Å². The number of methoxy groups -OCH3 is 1. The van der Waals surface area contributed by atoms with Crippen LogP contribution in [0.4, 0.5) is 5.69 Å². The molecule has 14 heavy (non-hydrogen) atoms. The van der Waals surface area contributed by atoms with Gasteiger partial charge >= 0.3 is 5.97 Å². The Balaban J connectivity index is 3.06. The number of hydrogen-bond acceptors (Lipinski definition) is 4. The highest BCUT2D eigenvalue weighted by atomic mass is 32.1. The van der Waals surface area contributed by atoms with Crippen LogP contribution in [0.15, 0.2) is 23.1 Å². The summed E-state index contributed by atoms with van der Waals surface area (Å²) >= 11 is 4.29. The first-order valence-corrected chi connectivity index (χ1v) is 4.59. The van der Waals surface area contributed by atoms with Crippen molar-refractivity contribution < 1.29 is 9.53 Å². The minimum absolute atomic E-state index is 0.342. The Labute approximate surface area is 89.1 Å². The second kappa shape index (κ2) is 4.37. The zero-order valence-electron chi connectivity index (χ0n) is 8.44. The predicted octanol–water partition coefficient (Wildman–Crippen LogP) is 1.83. The number of carbonyl (C=O) groups is 1. The summed E-state index contributed by atoms with van der Waals surface area (Å²) in [6, 6.07) is 5.26. The molecule has 1 aromatic rings. The van der Waals surface area contributed by atoms with Crippen molar-refractivity contribution >= 4 is 24.3 Å². The largest absolute Gasteiger partial charge is 0.465 e. The summed E-state index contributed by atoms with van der Waals surface area (Å²) in [6.45, 7) is 0. The quantitative estimate of drug-likeness (QED) is 0.598. The van der Waals surface area contributed by atoms with Crippen molar-refractivity contribution in [3.05, 3.63) is 23.8 Å². The normalized spacial score (nSPS) is 9.71. The topological polar surface area (TPSA) is 29.5 Å². The molecule has 0 aliphatic rings. The van der Waals surface area contributed by atoms with Gasteiger partial charge in [-0.05, 0) is 18.2 Å². The molecule has 0 radical (unpaired) electrons. The maximum atomic E-state index is 11.2. The Kier molecular flexibility index (Phi) is 3.41. The van der Waals surface area contributed by atoms with Crippen LogP contribution in [0.2, 0.25) is 0 Å². The molecule has 0 fully saturated rings. The Morgan fingerprint density at radius 3 is 2.50 bits per heavy atom. The van der Waals surface area contributed by atoms with E-state index < -0.39 is 0 Å². The number of rotatable bonds is 2. The summed E-state index contributed by atoms with van der Waals surface area (Å²) in [4.78, 5) is 13.9. The highest BCUT2D eigenvalue weighted by molar-refractivity contribution is 7.80. The van der Waals surface area contributed by atoms with E-state index in [4.69, 9.17) is 0 Å². The number of esters is 1.